The van der Waals surface area contributed by atoms with Crippen molar-refractivity contribution in [3.63, 3.8) is 0 Å². The van der Waals surface area contributed by atoms with Gasteiger partial charge in [-0.1, -0.05) is 36.4 Å². The molecule has 1 saturated heterocycles. The summed E-state index contributed by atoms with van der Waals surface area (Å²) in [6, 6.07) is 13.9. The Labute approximate surface area is 137 Å². The molecule has 2 aromatic rings. The summed E-state index contributed by atoms with van der Waals surface area (Å²) in [7, 11) is 0. The number of benzene rings is 1. The second-order valence-electron chi connectivity index (χ2n) is 6.87. The van der Waals surface area contributed by atoms with Crippen LogP contribution in [0.1, 0.15) is 37.9 Å². The molecule has 2 heterocycles. The molecule has 1 aliphatic heterocycles. The SMILES string of the molecule is CC(C)(C)OC(=O)[C@H]1C(c2cccnc2)N1Cc1ccccc1. The van der Waals surface area contributed by atoms with Crippen LogP contribution in [0.2, 0.25) is 0 Å². The number of hydrogen-bond acceptors (Lipinski definition) is 4. The van der Waals surface area contributed by atoms with E-state index in [4.69, 9.17) is 4.74 Å². The van der Waals surface area contributed by atoms with Crippen LogP contribution in [0.15, 0.2) is 54.9 Å². The van der Waals surface area contributed by atoms with Gasteiger partial charge in [0.15, 0.2) is 0 Å². The van der Waals surface area contributed by atoms with E-state index in [2.05, 4.69) is 22.0 Å². The Morgan fingerprint density at radius 1 is 1.17 bits per heavy atom. The van der Waals surface area contributed by atoms with Gasteiger partial charge >= 0.3 is 5.97 Å². The number of esters is 1. The summed E-state index contributed by atoms with van der Waals surface area (Å²) < 4.78 is 5.58. The van der Waals surface area contributed by atoms with Gasteiger partial charge in [0.25, 0.3) is 0 Å². The molecule has 0 radical (unpaired) electrons. The molecule has 3 rings (SSSR count). The predicted molar refractivity (Wildman–Crippen MR) is 88.6 cm³/mol. The van der Waals surface area contributed by atoms with Crippen molar-refractivity contribution in [2.24, 2.45) is 0 Å². The normalized spacial score (nSPS) is 23.3. The van der Waals surface area contributed by atoms with E-state index >= 15 is 0 Å². The molecule has 4 heteroatoms. The highest BCUT2D eigenvalue weighted by Gasteiger charge is 2.54. The zero-order chi connectivity index (χ0) is 16.4. The lowest BCUT2D eigenvalue weighted by Gasteiger charge is -2.19. The van der Waals surface area contributed by atoms with E-state index < -0.39 is 5.60 Å². The highest BCUT2D eigenvalue weighted by Crippen LogP contribution is 2.45. The minimum atomic E-state index is -0.475. The van der Waals surface area contributed by atoms with Gasteiger partial charge in [-0.15, -0.1) is 0 Å². The molecule has 0 amide bonds. The third kappa shape index (κ3) is 3.77. The molecule has 0 N–H and O–H groups in total. The van der Waals surface area contributed by atoms with Crippen molar-refractivity contribution in [3.05, 3.63) is 66.0 Å². The maximum absolute atomic E-state index is 12.5. The van der Waals surface area contributed by atoms with Gasteiger partial charge in [-0.3, -0.25) is 14.7 Å². The monoisotopic (exact) mass is 310 g/mol. The Morgan fingerprint density at radius 2 is 1.91 bits per heavy atom. The number of rotatable bonds is 4. The van der Waals surface area contributed by atoms with E-state index in [1.54, 1.807) is 6.20 Å². The van der Waals surface area contributed by atoms with Crippen LogP contribution >= 0.6 is 0 Å². The van der Waals surface area contributed by atoms with Gasteiger partial charge in [0.05, 0.1) is 6.04 Å². The second kappa shape index (κ2) is 6.13. The van der Waals surface area contributed by atoms with Gasteiger partial charge in [0.2, 0.25) is 0 Å². The summed E-state index contributed by atoms with van der Waals surface area (Å²) in [6.07, 6.45) is 3.57. The molecular formula is C19H22N2O2. The molecule has 0 bridgehead atoms. The van der Waals surface area contributed by atoms with Crippen LogP contribution in [0.4, 0.5) is 0 Å². The molecule has 4 nitrogen and oxygen atoms in total. The van der Waals surface area contributed by atoms with Crippen molar-refractivity contribution in [3.8, 4) is 0 Å². The maximum Gasteiger partial charge on any atom is 0.325 e. The first-order valence-corrected chi connectivity index (χ1v) is 7.88. The van der Waals surface area contributed by atoms with Gasteiger partial charge in [-0.25, -0.2) is 0 Å². The molecule has 1 aliphatic rings. The van der Waals surface area contributed by atoms with Crippen molar-refractivity contribution in [2.45, 2.75) is 45.0 Å². The minimum absolute atomic E-state index is 0.0405. The van der Waals surface area contributed by atoms with E-state index in [0.717, 1.165) is 12.1 Å². The van der Waals surface area contributed by atoms with Crippen molar-refractivity contribution in [1.29, 1.82) is 0 Å². The number of carbonyl (C=O) groups is 1. The van der Waals surface area contributed by atoms with Crippen molar-refractivity contribution in [1.82, 2.24) is 9.88 Å². The average molecular weight is 310 g/mol. The van der Waals surface area contributed by atoms with E-state index in [1.807, 2.05) is 57.3 Å². The van der Waals surface area contributed by atoms with Gasteiger partial charge in [-0.05, 0) is 38.0 Å². The van der Waals surface area contributed by atoms with Crippen LogP contribution in [0, 0.1) is 0 Å². The molecule has 1 fully saturated rings. The third-order valence-corrected chi connectivity index (χ3v) is 3.81. The van der Waals surface area contributed by atoms with E-state index in [1.165, 1.54) is 5.56 Å². The van der Waals surface area contributed by atoms with Crippen LogP contribution in [0.5, 0.6) is 0 Å². The summed E-state index contributed by atoms with van der Waals surface area (Å²) in [6.45, 7) is 6.42. The number of carbonyl (C=O) groups excluding carboxylic acids is 1. The smallest absolute Gasteiger partial charge is 0.325 e. The van der Waals surface area contributed by atoms with Crippen LogP contribution in [-0.2, 0) is 16.1 Å². The van der Waals surface area contributed by atoms with Crippen molar-refractivity contribution >= 4 is 5.97 Å². The van der Waals surface area contributed by atoms with Crippen LogP contribution < -0.4 is 0 Å². The second-order valence-corrected chi connectivity index (χ2v) is 6.87. The van der Waals surface area contributed by atoms with Crippen LogP contribution in [0.3, 0.4) is 0 Å². The van der Waals surface area contributed by atoms with E-state index in [9.17, 15) is 4.79 Å². The molecule has 1 aromatic heterocycles. The summed E-state index contributed by atoms with van der Waals surface area (Å²) in [5.41, 5.74) is 1.77. The Morgan fingerprint density at radius 3 is 2.52 bits per heavy atom. The molecule has 0 saturated carbocycles. The summed E-state index contributed by atoms with van der Waals surface area (Å²) >= 11 is 0. The van der Waals surface area contributed by atoms with Gasteiger partial charge in [0, 0.05) is 18.9 Å². The zero-order valence-electron chi connectivity index (χ0n) is 13.8. The molecule has 3 atom stereocenters. The largest absolute Gasteiger partial charge is 0.459 e. The molecule has 1 aromatic carbocycles. The molecular weight excluding hydrogens is 288 g/mol. The first-order valence-electron chi connectivity index (χ1n) is 7.88. The van der Waals surface area contributed by atoms with Gasteiger partial charge < -0.3 is 4.74 Å². The highest BCUT2D eigenvalue weighted by atomic mass is 16.6. The topological polar surface area (TPSA) is 42.2 Å². The van der Waals surface area contributed by atoms with Crippen molar-refractivity contribution < 1.29 is 9.53 Å². The number of aromatic nitrogens is 1. The molecule has 2 unspecified atom stereocenters. The lowest BCUT2D eigenvalue weighted by Crippen LogP contribution is -2.28. The number of pyridine rings is 1. The fraction of sp³-hybridized carbons (Fsp3) is 0.368. The zero-order valence-corrected chi connectivity index (χ0v) is 13.8. The molecule has 23 heavy (non-hydrogen) atoms. The summed E-state index contributed by atoms with van der Waals surface area (Å²) in [5.74, 6) is -0.165. The quantitative estimate of drug-likeness (QED) is 0.641. The van der Waals surface area contributed by atoms with E-state index in [0.29, 0.717) is 0 Å². The Hall–Kier alpha value is -2.20. The summed E-state index contributed by atoms with van der Waals surface area (Å²) in [5, 5.41) is 0. The number of ether oxygens (including phenoxy) is 1. The molecule has 120 valence electrons. The highest BCUT2D eigenvalue weighted by molar-refractivity contribution is 5.81. The van der Waals surface area contributed by atoms with Gasteiger partial charge in [-0.2, -0.15) is 0 Å². The average Bonchev–Trinajstić information content (AvgIpc) is 3.21. The predicted octanol–water partition coefficient (Wildman–Crippen LogP) is 3.35. The Balaban J connectivity index is 1.79. The minimum Gasteiger partial charge on any atom is -0.459 e. The molecule has 0 spiro atoms. The van der Waals surface area contributed by atoms with Crippen molar-refractivity contribution in [2.75, 3.05) is 0 Å². The fourth-order valence-corrected chi connectivity index (χ4v) is 2.82. The number of nitrogens with zero attached hydrogens (tertiary/aromatic N) is 2. The first kappa shape index (κ1) is 15.7. The fourth-order valence-electron chi connectivity index (χ4n) is 2.82. The van der Waals surface area contributed by atoms with Crippen LogP contribution in [0.25, 0.3) is 0 Å². The lowest BCUT2D eigenvalue weighted by molar-refractivity contribution is -0.155. The van der Waals surface area contributed by atoms with E-state index in [-0.39, 0.29) is 18.1 Å². The van der Waals surface area contributed by atoms with Gasteiger partial charge in [0.1, 0.15) is 11.6 Å². The van der Waals surface area contributed by atoms with Crippen LogP contribution in [-0.4, -0.2) is 27.5 Å². The molecule has 0 aliphatic carbocycles. The summed E-state index contributed by atoms with van der Waals surface area (Å²) in [4.78, 5) is 18.9. The standard InChI is InChI=1S/C19H22N2O2/c1-19(2,3)23-18(22)17-16(15-10-7-11-20-12-15)21(17)13-14-8-5-4-6-9-14/h4-12,16-17H,13H2,1-3H3/t16?,17-,21?/m1/s1. The number of hydrogen-bond donors (Lipinski definition) is 0. The lowest BCUT2D eigenvalue weighted by atomic mass is 10.1. The Bertz CT molecular complexity index is 665. The Kier molecular flexibility index (Phi) is 4.18. The third-order valence-electron chi connectivity index (χ3n) is 3.81. The maximum atomic E-state index is 12.5. The first-order chi connectivity index (χ1) is 11.0.